The molecule has 114 valence electrons. The summed E-state index contributed by atoms with van der Waals surface area (Å²) in [7, 11) is 0. The highest BCUT2D eigenvalue weighted by atomic mass is 79.9. The first-order valence-corrected chi connectivity index (χ1v) is 8.85. The van der Waals surface area contributed by atoms with Crippen molar-refractivity contribution in [3.63, 3.8) is 0 Å². The topological polar surface area (TPSA) is 9.23 Å². The maximum absolute atomic E-state index is 6.05. The van der Waals surface area contributed by atoms with E-state index in [2.05, 4.69) is 61.8 Å². The Bertz CT molecular complexity index is 579. The van der Waals surface area contributed by atoms with Crippen molar-refractivity contribution in [3.05, 3.63) is 33.8 Å². The third-order valence-electron chi connectivity index (χ3n) is 4.74. The summed E-state index contributed by atoms with van der Waals surface area (Å²) in [6.07, 6.45) is 6.18. The van der Waals surface area contributed by atoms with Gasteiger partial charge < -0.3 is 4.74 Å². The summed E-state index contributed by atoms with van der Waals surface area (Å²) in [5, 5.41) is 0. The quantitative estimate of drug-likeness (QED) is 0.652. The first kappa shape index (κ1) is 15.1. The van der Waals surface area contributed by atoms with Crippen LogP contribution >= 0.6 is 15.9 Å². The first-order chi connectivity index (χ1) is 9.88. The molecule has 0 atom stereocenters. The zero-order chi connectivity index (χ0) is 15.2. The molecule has 1 fully saturated rings. The van der Waals surface area contributed by atoms with Gasteiger partial charge in [0.1, 0.15) is 5.75 Å². The molecule has 1 aromatic carbocycles. The highest BCUT2D eigenvalue weighted by Gasteiger charge is 2.30. The fourth-order valence-electron chi connectivity index (χ4n) is 3.09. The predicted molar refractivity (Wildman–Crippen MR) is 92.8 cm³/mol. The van der Waals surface area contributed by atoms with Crippen LogP contribution in [0.5, 0.6) is 5.75 Å². The molecule has 0 N–H and O–H groups in total. The van der Waals surface area contributed by atoms with E-state index < -0.39 is 0 Å². The molecule has 2 aliphatic carbocycles. The summed E-state index contributed by atoms with van der Waals surface area (Å²) >= 11 is 3.71. The average molecular weight is 349 g/mol. The Morgan fingerprint density at radius 3 is 2.62 bits per heavy atom. The normalized spacial score (nSPS) is 20.2. The van der Waals surface area contributed by atoms with E-state index in [1.807, 2.05) is 0 Å². The van der Waals surface area contributed by atoms with E-state index in [9.17, 15) is 0 Å². The van der Waals surface area contributed by atoms with Crippen LogP contribution in [0.1, 0.15) is 58.1 Å². The van der Waals surface area contributed by atoms with Crippen LogP contribution in [0.25, 0.3) is 5.57 Å². The Balaban J connectivity index is 1.99. The van der Waals surface area contributed by atoms with E-state index in [1.165, 1.54) is 29.5 Å². The number of ether oxygens (including phenoxy) is 1. The molecule has 2 aliphatic rings. The van der Waals surface area contributed by atoms with Gasteiger partial charge >= 0.3 is 0 Å². The van der Waals surface area contributed by atoms with Gasteiger partial charge in [-0.05, 0) is 81.3 Å². The van der Waals surface area contributed by atoms with E-state index in [0.717, 1.165) is 29.2 Å². The van der Waals surface area contributed by atoms with Crippen molar-refractivity contribution < 1.29 is 4.74 Å². The van der Waals surface area contributed by atoms with Crippen molar-refractivity contribution in [2.24, 2.45) is 11.8 Å². The molecule has 0 aromatic heterocycles. The number of allylic oxidation sites excluding steroid dienone is 2. The molecule has 0 heterocycles. The Labute approximate surface area is 136 Å². The summed E-state index contributed by atoms with van der Waals surface area (Å²) < 4.78 is 7.14. The molecule has 3 rings (SSSR count). The third-order valence-corrected chi connectivity index (χ3v) is 5.36. The fraction of sp³-hybridized carbons (Fsp3) is 0.579. The van der Waals surface area contributed by atoms with E-state index in [-0.39, 0.29) is 5.41 Å². The number of hydrogen-bond donors (Lipinski definition) is 0. The summed E-state index contributed by atoms with van der Waals surface area (Å²) in [6.45, 7) is 10.1. The summed E-state index contributed by atoms with van der Waals surface area (Å²) in [6, 6.07) is 4.54. The minimum absolute atomic E-state index is 0.187. The number of halogens is 1. The van der Waals surface area contributed by atoms with Gasteiger partial charge in [-0.25, -0.2) is 0 Å². The highest BCUT2D eigenvalue weighted by Crippen LogP contribution is 2.45. The van der Waals surface area contributed by atoms with Gasteiger partial charge in [-0.1, -0.05) is 33.8 Å². The molecule has 1 saturated carbocycles. The number of benzene rings is 1. The Kier molecular flexibility index (Phi) is 3.94. The lowest BCUT2D eigenvalue weighted by molar-refractivity contribution is 0.297. The van der Waals surface area contributed by atoms with E-state index in [0.29, 0.717) is 5.92 Å². The molecule has 1 aromatic rings. The van der Waals surface area contributed by atoms with Gasteiger partial charge in [0.15, 0.2) is 0 Å². The number of fused-ring (bicyclic) bond motifs is 1. The van der Waals surface area contributed by atoms with Crippen LogP contribution in [0.4, 0.5) is 0 Å². The van der Waals surface area contributed by atoms with Crippen LogP contribution in [-0.4, -0.2) is 6.61 Å². The van der Waals surface area contributed by atoms with Gasteiger partial charge in [-0.2, -0.15) is 0 Å². The van der Waals surface area contributed by atoms with Crippen molar-refractivity contribution in [2.45, 2.75) is 52.4 Å². The molecule has 0 amide bonds. The van der Waals surface area contributed by atoms with Crippen LogP contribution in [0.15, 0.2) is 22.7 Å². The van der Waals surface area contributed by atoms with Crippen molar-refractivity contribution in [1.29, 1.82) is 0 Å². The zero-order valence-electron chi connectivity index (χ0n) is 13.5. The maximum Gasteiger partial charge on any atom is 0.133 e. The molecule has 21 heavy (non-hydrogen) atoms. The van der Waals surface area contributed by atoms with Gasteiger partial charge in [0.05, 0.1) is 11.1 Å². The molecule has 0 unspecified atom stereocenters. The highest BCUT2D eigenvalue weighted by molar-refractivity contribution is 9.10. The standard InChI is InChI=1S/C19H25BrO/c1-12(2)14-7-8-19(3,4)16-10-18(17(20)9-15(14)16)21-11-13-5-6-13/h7,9-10,12-13H,5-6,8,11H2,1-4H3. The second-order valence-corrected chi connectivity index (χ2v) is 8.34. The molecule has 0 radical (unpaired) electrons. The van der Waals surface area contributed by atoms with Crippen molar-refractivity contribution in [3.8, 4) is 5.75 Å². The lowest BCUT2D eigenvalue weighted by atomic mass is 9.71. The molecule has 2 heteroatoms. The van der Waals surface area contributed by atoms with E-state index >= 15 is 0 Å². The number of hydrogen-bond acceptors (Lipinski definition) is 1. The lowest BCUT2D eigenvalue weighted by Gasteiger charge is -2.34. The van der Waals surface area contributed by atoms with Crippen LogP contribution < -0.4 is 4.74 Å². The monoisotopic (exact) mass is 348 g/mol. The van der Waals surface area contributed by atoms with Crippen LogP contribution in [0, 0.1) is 11.8 Å². The molecule has 1 nitrogen and oxygen atoms in total. The van der Waals surface area contributed by atoms with E-state index in [1.54, 1.807) is 0 Å². The smallest absolute Gasteiger partial charge is 0.133 e. The van der Waals surface area contributed by atoms with Gasteiger partial charge in [0.25, 0.3) is 0 Å². The predicted octanol–water partition coefficient (Wildman–Crippen LogP) is 5.96. The Morgan fingerprint density at radius 2 is 2.00 bits per heavy atom. The van der Waals surface area contributed by atoms with E-state index in [4.69, 9.17) is 4.74 Å². The first-order valence-electron chi connectivity index (χ1n) is 8.06. The Morgan fingerprint density at radius 1 is 1.29 bits per heavy atom. The zero-order valence-corrected chi connectivity index (χ0v) is 15.1. The maximum atomic E-state index is 6.05. The molecule has 0 aliphatic heterocycles. The molecular formula is C19H25BrO. The summed E-state index contributed by atoms with van der Waals surface area (Å²) in [5.74, 6) is 2.36. The van der Waals surface area contributed by atoms with Crippen molar-refractivity contribution in [2.75, 3.05) is 6.61 Å². The number of rotatable bonds is 4. The van der Waals surface area contributed by atoms with Crippen LogP contribution in [-0.2, 0) is 5.41 Å². The molecular weight excluding hydrogens is 324 g/mol. The minimum Gasteiger partial charge on any atom is -0.492 e. The van der Waals surface area contributed by atoms with Crippen LogP contribution in [0.2, 0.25) is 0 Å². The second kappa shape index (κ2) is 5.46. The third kappa shape index (κ3) is 3.06. The molecule has 0 bridgehead atoms. The van der Waals surface area contributed by atoms with Crippen LogP contribution in [0.3, 0.4) is 0 Å². The summed E-state index contributed by atoms with van der Waals surface area (Å²) in [5.41, 5.74) is 4.49. The van der Waals surface area contributed by atoms with Crippen molar-refractivity contribution >= 4 is 21.5 Å². The second-order valence-electron chi connectivity index (χ2n) is 7.48. The largest absolute Gasteiger partial charge is 0.492 e. The fourth-order valence-corrected chi connectivity index (χ4v) is 3.54. The molecule has 0 saturated heterocycles. The van der Waals surface area contributed by atoms with Gasteiger partial charge in [-0.15, -0.1) is 0 Å². The Hall–Kier alpha value is -0.760. The van der Waals surface area contributed by atoms with Gasteiger partial charge in [0, 0.05) is 0 Å². The van der Waals surface area contributed by atoms with Gasteiger partial charge in [0.2, 0.25) is 0 Å². The van der Waals surface area contributed by atoms with Gasteiger partial charge in [-0.3, -0.25) is 0 Å². The van der Waals surface area contributed by atoms with Crippen molar-refractivity contribution in [1.82, 2.24) is 0 Å². The minimum atomic E-state index is 0.187. The average Bonchev–Trinajstić information content (AvgIpc) is 3.20. The SMILES string of the molecule is CC(C)C1=CCC(C)(C)c2cc(OCC3CC3)c(Br)cc21. The molecule has 0 spiro atoms. The summed E-state index contributed by atoms with van der Waals surface area (Å²) in [4.78, 5) is 0. The lowest BCUT2D eigenvalue weighted by Crippen LogP contribution is -2.23.